The molecule has 4 nitrogen and oxygen atoms in total. The number of carbonyl (C=O) groups is 1. The van der Waals surface area contributed by atoms with Gasteiger partial charge in [-0.2, -0.15) is 0 Å². The quantitative estimate of drug-likeness (QED) is 0.220. The van der Waals surface area contributed by atoms with Crippen molar-refractivity contribution in [1.82, 2.24) is 4.57 Å². The van der Waals surface area contributed by atoms with E-state index in [1.165, 1.54) is 11.8 Å². The lowest BCUT2D eigenvalue weighted by molar-refractivity contribution is -0.113. The fraction of sp³-hybridized carbons (Fsp3) is 0.0323. The molecule has 0 unspecified atom stereocenters. The summed E-state index contributed by atoms with van der Waals surface area (Å²) in [6.07, 6.45) is 4.09. The first kappa shape index (κ1) is 23.3. The first-order chi connectivity index (χ1) is 18.2. The summed E-state index contributed by atoms with van der Waals surface area (Å²) in [4.78, 5) is 20.9. The van der Waals surface area contributed by atoms with Crippen LogP contribution in [0.1, 0.15) is 11.1 Å². The summed E-state index contributed by atoms with van der Waals surface area (Å²) >= 11 is 7.48. The second-order valence-electron chi connectivity index (χ2n) is 8.67. The van der Waals surface area contributed by atoms with E-state index in [9.17, 15) is 4.79 Å². The molecule has 1 aromatic heterocycles. The van der Waals surface area contributed by atoms with Crippen molar-refractivity contribution in [2.75, 3.05) is 4.90 Å². The molecule has 0 aliphatic carbocycles. The minimum Gasteiger partial charge on any atom is -0.342 e. The minimum atomic E-state index is -0.0830. The standard InChI is InChI=1S/C31H22ClN3OS/c32-24-17-15-22(16-18-24)20-34-21-23(27-13-7-8-14-28(27)34)19-29-30(36)35(26-11-5-2-6-12-26)31(37-29)33-25-9-3-1-4-10-25/h1-19,21H,20H2. The highest BCUT2D eigenvalue weighted by Gasteiger charge is 2.35. The third-order valence-electron chi connectivity index (χ3n) is 6.17. The Morgan fingerprint density at radius 1 is 0.811 bits per heavy atom. The molecule has 0 bridgehead atoms. The van der Waals surface area contributed by atoms with E-state index in [-0.39, 0.29) is 5.91 Å². The van der Waals surface area contributed by atoms with Gasteiger partial charge < -0.3 is 4.57 Å². The largest absolute Gasteiger partial charge is 0.342 e. The summed E-state index contributed by atoms with van der Waals surface area (Å²) in [5, 5.41) is 2.45. The van der Waals surface area contributed by atoms with E-state index >= 15 is 0 Å². The predicted octanol–water partition coefficient (Wildman–Crippen LogP) is 8.15. The molecule has 180 valence electrons. The lowest BCUT2D eigenvalue weighted by Gasteiger charge is -2.15. The van der Waals surface area contributed by atoms with Crippen LogP contribution >= 0.6 is 23.4 Å². The number of rotatable bonds is 5. The van der Waals surface area contributed by atoms with Gasteiger partial charge in [-0.05, 0) is 65.9 Å². The number of amides is 1. The third-order valence-corrected chi connectivity index (χ3v) is 7.39. The van der Waals surface area contributed by atoms with Crippen molar-refractivity contribution < 1.29 is 4.79 Å². The molecular formula is C31H22ClN3OS. The molecule has 0 radical (unpaired) electrons. The first-order valence-corrected chi connectivity index (χ1v) is 13.1. The van der Waals surface area contributed by atoms with Crippen LogP contribution in [0.4, 0.5) is 11.4 Å². The number of benzene rings is 4. The van der Waals surface area contributed by atoms with Gasteiger partial charge in [0.1, 0.15) is 0 Å². The van der Waals surface area contributed by atoms with Crippen molar-refractivity contribution in [2.24, 2.45) is 4.99 Å². The van der Waals surface area contributed by atoms with Crippen molar-refractivity contribution in [3.63, 3.8) is 0 Å². The number of aliphatic imine (C=N–C) groups is 1. The van der Waals surface area contributed by atoms with Gasteiger partial charge in [-0.1, -0.05) is 78.3 Å². The molecule has 1 saturated heterocycles. The Balaban J connectivity index is 1.41. The molecule has 1 aliphatic rings. The number of halogens is 1. The Labute approximate surface area is 224 Å². The summed E-state index contributed by atoms with van der Waals surface area (Å²) in [6.45, 7) is 0.707. The molecule has 1 amide bonds. The highest BCUT2D eigenvalue weighted by molar-refractivity contribution is 8.19. The molecule has 2 heterocycles. The Morgan fingerprint density at radius 2 is 1.49 bits per heavy atom. The number of aromatic nitrogens is 1. The molecule has 6 rings (SSSR count). The number of amidine groups is 1. The zero-order chi connectivity index (χ0) is 25.2. The van der Waals surface area contributed by atoms with Crippen LogP contribution in [-0.4, -0.2) is 15.6 Å². The lowest BCUT2D eigenvalue weighted by Crippen LogP contribution is -2.28. The monoisotopic (exact) mass is 519 g/mol. The van der Waals surface area contributed by atoms with Gasteiger partial charge in [0, 0.05) is 34.2 Å². The number of hydrogen-bond donors (Lipinski definition) is 0. The molecule has 1 fully saturated rings. The Morgan fingerprint density at radius 3 is 2.24 bits per heavy atom. The van der Waals surface area contributed by atoms with Crippen molar-refractivity contribution >= 4 is 62.8 Å². The van der Waals surface area contributed by atoms with Crippen LogP contribution in [0.5, 0.6) is 0 Å². The van der Waals surface area contributed by atoms with E-state index in [1.54, 1.807) is 4.90 Å². The first-order valence-electron chi connectivity index (χ1n) is 11.9. The summed E-state index contributed by atoms with van der Waals surface area (Å²) in [5.74, 6) is -0.0830. The fourth-order valence-electron chi connectivity index (χ4n) is 4.42. The highest BCUT2D eigenvalue weighted by atomic mass is 35.5. The molecule has 4 aromatic carbocycles. The predicted molar refractivity (Wildman–Crippen MR) is 156 cm³/mol. The van der Waals surface area contributed by atoms with Crippen LogP contribution in [-0.2, 0) is 11.3 Å². The van der Waals surface area contributed by atoms with Gasteiger partial charge in [0.2, 0.25) is 0 Å². The topological polar surface area (TPSA) is 37.6 Å². The van der Waals surface area contributed by atoms with E-state index < -0.39 is 0 Å². The zero-order valence-electron chi connectivity index (χ0n) is 19.8. The molecule has 0 atom stereocenters. The Hall–Kier alpha value is -4.06. The summed E-state index contributed by atoms with van der Waals surface area (Å²) in [5.41, 5.74) is 4.86. The summed E-state index contributed by atoms with van der Waals surface area (Å²) in [7, 11) is 0. The van der Waals surface area contributed by atoms with Gasteiger partial charge in [-0.3, -0.25) is 9.69 Å². The number of nitrogens with zero attached hydrogens (tertiary/aromatic N) is 3. The van der Waals surface area contributed by atoms with Crippen LogP contribution < -0.4 is 4.90 Å². The van der Waals surface area contributed by atoms with E-state index in [4.69, 9.17) is 16.6 Å². The number of anilines is 1. The molecule has 37 heavy (non-hydrogen) atoms. The number of fused-ring (bicyclic) bond motifs is 1. The molecule has 1 aliphatic heterocycles. The van der Waals surface area contributed by atoms with Crippen molar-refractivity contribution in [3.05, 3.63) is 136 Å². The second kappa shape index (κ2) is 10.1. The van der Waals surface area contributed by atoms with Crippen LogP contribution in [0.3, 0.4) is 0 Å². The van der Waals surface area contributed by atoms with Gasteiger partial charge in [0.05, 0.1) is 16.3 Å². The maximum absolute atomic E-state index is 13.7. The van der Waals surface area contributed by atoms with E-state index in [1.807, 2.05) is 103 Å². The van der Waals surface area contributed by atoms with Crippen molar-refractivity contribution in [1.29, 1.82) is 0 Å². The molecule has 0 saturated carbocycles. The van der Waals surface area contributed by atoms with E-state index in [0.717, 1.165) is 38.4 Å². The Kier molecular flexibility index (Phi) is 6.39. The summed E-state index contributed by atoms with van der Waals surface area (Å²) < 4.78 is 2.21. The van der Waals surface area contributed by atoms with Crippen LogP contribution in [0.2, 0.25) is 5.02 Å². The zero-order valence-corrected chi connectivity index (χ0v) is 21.4. The van der Waals surface area contributed by atoms with Gasteiger partial charge in [-0.25, -0.2) is 4.99 Å². The average molecular weight is 520 g/mol. The fourth-order valence-corrected chi connectivity index (χ4v) is 5.53. The third kappa shape index (κ3) is 4.84. The average Bonchev–Trinajstić information content (AvgIpc) is 3.43. The number of hydrogen-bond acceptors (Lipinski definition) is 3. The lowest BCUT2D eigenvalue weighted by atomic mass is 10.1. The normalized spacial score (nSPS) is 15.8. The molecule has 6 heteroatoms. The molecular weight excluding hydrogens is 498 g/mol. The van der Waals surface area contributed by atoms with Gasteiger partial charge in [0.15, 0.2) is 5.17 Å². The Bertz CT molecular complexity index is 1640. The van der Waals surface area contributed by atoms with Crippen molar-refractivity contribution in [2.45, 2.75) is 6.54 Å². The van der Waals surface area contributed by atoms with E-state index in [0.29, 0.717) is 16.6 Å². The highest BCUT2D eigenvalue weighted by Crippen LogP contribution is 2.38. The van der Waals surface area contributed by atoms with Crippen LogP contribution in [0.25, 0.3) is 17.0 Å². The molecule has 5 aromatic rings. The summed E-state index contributed by atoms with van der Waals surface area (Å²) in [6, 6.07) is 35.5. The second-order valence-corrected chi connectivity index (χ2v) is 10.1. The van der Waals surface area contributed by atoms with Gasteiger partial charge in [-0.15, -0.1) is 0 Å². The number of thioether (sulfide) groups is 1. The van der Waals surface area contributed by atoms with Gasteiger partial charge >= 0.3 is 0 Å². The van der Waals surface area contributed by atoms with Crippen LogP contribution in [0.15, 0.2) is 125 Å². The SMILES string of the molecule is O=C1C(=Cc2cn(Cc3ccc(Cl)cc3)c3ccccc23)SC(=Nc2ccccc2)N1c1ccccc1. The maximum atomic E-state index is 13.7. The van der Waals surface area contributed by atoms with E-state index in [2.05, 4.69) is 22.9 Å². The minimum absolute atomic E-state index is 0.0830. The van der Waals surface area contributed by atoms with Crippen LogP contribution in [0, 0.1) is 0 Å². The number of carbonyl (C=O) groups excluding carboxylic acids is 1. The molecule has 0 spiro atoms. The number of para-hydroxylation sites is 3. The van der Waals surface area contributed by atoms with Crippen molar-refractivity contribution in [3.8, 4) is 0 Å². The maximum Gasteiger partial charge on any atom is 0.271 e. The smallest absolute Gasteiger partial charge is 0.271 e. The molecule has 0 N–H and O–H groups in total. The van der Waals surface area contributed by atoms with Gasteiger partial charge in [0.25, 0.3) is 5.91 Å².